The number of thiol groups is 1. The molecule has 124 valence electrons. The summed E-state index contributed by atoms with van der Waals surface area (Å²) in [5.74, 6) is 0. The van der Waals surface area contributed by atoms with E-state index in [1.807, 2.05) is 18.2 Å². The zero-order valence-corrected chi connectivity index (χ0v) is 15.0. The normalized spacial score (nSPS) is 16.8. The number of sulfonamides is 1. The van der Waals surface area contributed by atoms with Gasteiger partial charge >= 0.3 is 0 Å². The van der Waals surface area contributed by atoms with E-state index in [-0.39, 0.29) is 10.3 Å². The smallest absolute Gasteiger partial charge is 0.261 e. The fourth-order valence-electron chi connectivity index (χ4n) is 1.99. The van der Waals surface area contributed by atoms with Gasteiger partial charge in [0.05, 0.1) is 4.90 Å². The van der Waals surface area contributed by atoms with E-state index in [2.05, 4.69) is 36.8 Å². The van der Waals surface area contributed by atoms with Gasteiger partial charge in [-0.3, -0.25) is 4.72 Å². The average molecular weight is 351 g/mol. The Morgan fingerprint density at radius 3 is 2.39 bits per heavy atom. The molecule has 0 bridgehead atoms. The summed E-state index contributed by atoms with van der Waals surface area (Å²) in [5, 5.41) is 0. The van der Waals surface area contributed by atoms with E-state index in [1.165, 1.54) is 4.41 Å². The molecule has 1 aliphatic carbocycles. The van der Waals surface area contributed by atoms with Gasteiger partial charge in [0.15, 0.2) is 0 Å². The molecule has 2 rings (SSSR count). The van der Waals surface area contributed by atoms with Crippen LogP contribution < -0.4 is 10.1 Å². The van der Waals surface area contributed by atoms with Gasteiger partial charge in [-0.2, -0.15) is 4.41 Å². The Morgan fingerprint density at radius 1 is 1.13 bits per heavy atom. The summed E-state index contributed by atoms with van der Waals surface area (Å²) in [7, 11) is -1.89. The molecule has 1 aromatic carbocycles. The first-order valence-corrected chi connectivity index (χ1v) is 8.97. The molecule has 5 nitrogen and oxygen atoms in total. The number of hydrogen-bond donors (Lipinski definition) is 3. The number of nitrogens with zero attached hydrogens (tertiary/aromatic N) is 1. The molecular weight excluding hydrogens is 330 g/mol. The third kappa shape index (κ3) is 5.16. The van der Waals surface area contributed by atoms with E-state index in [0.29, 0.717) is 5.70 Å². The van der Waals surface area contributed by atoms with Crippen molar-refractivity contribution in [1.82, 2.24) is 9.14 Å². The van der Waals surface area contributed by atoms with Crippen molar-refractivity contribution in [2.45, 2.75) is 18.7 Å². The number of hydrazine groups is 1. The molecule has 0 heterocycles. The standard InChI is InChI=1S/C16H21N3O2S2/c1-16(2)11-4-5-14(10-12-16)18-23(20,21)15-8-6-13(7-9-15)17-19(3)22/h4-12,17-18,22H,1-3H3. The topological polar surface area (TPSA) is 61.4 Å². The quantitative estimate of drug-likeness (QED) is 0.563. The zero-order chi connectivity index (χ0) is 17.1. The van der Waals surface area contributed by atoms with E-state index >= 15 is 0 Å². The number of nitrogens with one attached hydrogen (secondary N) is 2. The molecule has 0 amide bonds. The van der Waals surface area contributed by atoms with E-state index in [4.69, 9.17) is 0 Å². The van der Waals surface area contributed by atoms with Crippen molar-refractivity contribution in [3.05, 3.63) is 60.3 Å². The molecule has 2 N–H and O–H groups in total. The second-order valence-electron chi connectivity index (χ2n) is 5.90. The summed E-state index contributed by atoms with van der Waals surface area (Å²) in [4.78, 5) is 0.201. The SMILES string of the molecule is CN(S)Nc1ccc(S(=O)(=O)NC2=CC=CC(C)(C)C=C2)cc1. The van der Waals surface area contributed by atoms with Crippen molar-refractivity contribution < 1.29 is 8.42 Å². The van der Waals surface area contributed by atoms with Crippen LogP contribution >= 0.6 is 12.8 Å². The Labute approximate surface area is 143 Å². The molecule has 0 fully saturated rings. The van der Waals surface area contributed by atoms with Crippen LogP contribution in [0.3, 0.4) is 0 Å². The van der Waals surface area contributed by atoms with Gasteiger partial charge in [-0.05, 0) is 36.4 Å². The first kappa shape index (κ1) is 17.7. The van der Waals surface area contributed by atoms with Gasteiger partial charge in [-0.1, -0.05) is 44.9 Å². The lowest BCUT2D eigenvalue weighted by molar-refractivity contribution is 0.589. The van der Waals surface area contributed by atoms with Gasteiger partial charge in [-0.25, -0.2) is 8.42 Å². The fourth-order valence-corrected chi connectivity index (χ4v) is 3.17. The number of hydrogen-bond acceptors (Lipinski definition) is 5. The highest BCUT2D eigenvalue weighted by Crippen LogP contribution is 2.23. The lowest BCUT2D eigenvalue weighted by atomic mass is 9.93. The van der Waals surface area contributed by atoms with Crippen LogP contribution in [-0.2, 0) is 10.0 Å². The molecule has 7 heteroatoms. The maximum atomic E-state index is 12.5. The van der Waals surface area contributed by atoms with Crippen LogP contribution in [0.15, 0.2) is 65.2 Å². The van der Waals surface area contributed by atoms with Gasteiger partial charge in [0.1, 0.15) is 0 Å². The summed E-state index contributed by atoms with van der Waals surface area (Å²) < 4.78 is 29.0. The minimum Gasteiger partial charge on any atom is -0.310 e. The van der Waals surface area contributed by atoms with Crippen molar-refractivity contribution in [3.63, 3.8) is 0 Å². The van der Waals surface area contributed by atoms with Crippen molar-refractivity contribution in [3.8, 4) is 0 Å². The van der Waals surface area contributed by atoms with E-state index in [1.54, 1.807) is 43.5 Å². The molecule has 0 unspecified atom stereocenters. The molecule has 1 aromatic rings. The van der Waals surface area contributed by atoms with Gasteiger partial charge < -0.3 is 5.43 Å². The third-order valence-electron chi connectivity index (χ3n) is 3.20. The van der Waals surface area contributed by atoms with Crippen LogP contribution in [0.5, 0.6) is 0 Å². The summed E-state index contributed by atoms with van der Waals surface area (Å²) >= 11 is 4.07. The maximum Gasteiger partial charge on any atom is 0.261 e. The largest absolute Gasteiger partial charge is 0.310 e. The zero-order valence-electron chi connectivity index (χ0n) is 13.3. The molecule has 0 saturated heterocycles. The minimum absolute atomic E-state index is 0.101. The Kier molecular flexibility index (Phi) is 5.23. The van der Waals surface area contributed by atoms with Crippen molar-refractivity contribution in [2.24, 2.45) is 5.41 Å². The first-order valence-electron chi connectivity index (χ1n) is 7.09. The Morgan fingerprint density at radius 2 is 1.78 bits per heavy atom. The van der Waals surface area contributed by atoms with Gasteiger partial charge in [0.25, 0.3) is 10.0 Å². The van der Waals surface area contributed by atoms with Crippen molar-refractivity contribution in [2.75, 3.05) is 12.5 Å². The van der Waals surface area contributed by atoms with Crippen LogP contribution in [0.4, 0.5) is 5.69 Å². The molecular formula is C16H21N3O2S2. The monoisotopic (exact) mass is 351 g/mol. The van der Waals surface area contributed by atoms with Crippen LogP contribution in [0.1, 0.15) is 13.8 Å². The van der Waals surface area contributed by atoms with E-state index < -0.39 is 10.0 Å². The molecule has 0 aromatic heterocycles. The Bertz CT molecular complexity index is 746. The average Bonchev–Trinajstić information content (AvgIpc) is 2.60. The minimum atomic E-state index is -3.62. The Balaban J connectivity index is 2.16. The van der Waals surface area contributed by atoms with Crippen LogP contribution in [0.25, 0.3) is 0 Å². The van der Waals surface area contributed by atoms with E-state index in [9.17, 15) is 8.42 Å². The lowest BCUT2D eigenvalue weighted by Crippen LogP contribution is -2.22. The predicted octanol–water partition coefficient (Wildman–Crippen LogP) is 3.10. The number of rotatable bonds is 5. The molecule has 0 atom stereocenters. The van der Waals surface area contributed by atoms with Gasteiger partial charge in [-0.15, -0.1) is 0 Å². The molecule has 0 spiro atoms. The van der Waals surface area contributed by atoms with Gasteiger partial charge in [0, 0.05) is 23.8 Å². The van der Waals surface area contributed by atoms with Crippen LogP contribution in [0, 0.1) is 5.41 Å². The summed E-state index contributed by atoms with van der Waals surface area (Å²) in [6.07, 6.45) is 9.35. The van der Waals surface area contributed by atoms with Crippen LogP contribution in [0.2, 0.25) is 0 Å². The molecule has 1 aliphatic rings. The second kappa shape index (κ2) is 6.82. The third-order valence-corrected chi connectivity index (χ3v) is 4.70. The number of anilines is 1. The molecule has 0 saturated carbocycles. The van der Waals surface area contributed by atoms with Crippen LogP contribution in [-0.4, -0.2) is 19.9 Å². The summed E-state index contributed by atoms with van der Waals surface area (Å²) in [5.41, 5.74) is 4.11. The highest BCUT2D eigenvalue weighted by Gasteiger charge is 2.16. The molecule has 0 radical (unpaired) electrons. The van der Waals surface area contributed by atoms with Crippen molar-refractivity contribution >= 4 is 28.5 Å². The maximum absolute atomic E-state index is 12.5. The highest BCUT2D eigenvalue weighted by atomic mass is 32.2. The highest BCUT2D eigenvalue weighted by molar-refractivity contribution is 7.89. The van der Waals surface area contributed by atoms with E-state index in [0.717, 1.165) is 5.69 Å². The summed E-state index contributed by atoms with van der Waals surface area (Å²) in [6.45, 7) is 4.10. The lowest BCUT2D eigenvalue weighted by Gasteiger charge is -2.14. The number of allylic oxidation sites excluding steroid dienone is 5. The molecule has 23 heavy (non-hydrogen) atoms. The second-order valence-corrected chi connectivity index (χ2v) is 8.18. The van der Waals surface area contributed by atoms with Crippen molar-refractivity contribution in [1.29, 1.82) is 0 Å². The predicted molar refractivity (Wildman–Crippen MR) is 97.3 cm³/mol. The first-order chi connectivity index (χ1) is 10.7. The Hall–Kier alpha value is -1.70. The van der Waals surface area contributed by atoms with Gasteiger partial charge in [0.2, 0.25) is 0 Å². The molecule has 0 aliphatic heterocycles. The summed E-state index contributed by atoms with van der Waals surface area (Å²) in [6, 6.07) is 6.45. The number of benzene rings is 1. The fraction of sp³-hybridized carbons (Fsp3) is 0.250.